The van der Waals surface area contributed by atoms with E-state index in [9.17, 15) is 9.18 Å². The van der Waals surface area contributed by atoms with Gasteiger partial charge in [0.15, 0.2) is 11.5 Å². The predicted octanol–water partition coefficient (Wildman–Crippen LogP) is 2.68. The van der Waals surface area contributed by atoms with Gasteiger partial charge < -0.3 is 19.1 Å². The number of ether oxygens (including phenoxy) is 3. The summed E-state index contributed by atoms with van der Waals surface area (Å²) in [6.45, 7) is 2.48. The van der Waals surface area contributed by atoms with E-state index >= 15 is 0 Å². The molecule has 4 rings (SSSR count). The van der Waals surface area contributed by atoms with E-state index in [1.54, 1.807) is 29.2 Å². The van der Waals surface area contributed by atoms with Crippen molar-refractivity contribution in [2.45, 2.75) is 12.5 Å². The molecule has 136 valence electrons. The number of hydrogen-bond acceptors (Lipinski definition) is 4. The monoisotopic (exact) mass is 357 g/mol. The fourth-order valence-electron chi connectivity index (χ4n) is 3.31. The van der Waals surface area contributed by atoms with E-state index in [2.05, 4.69) is 0 Å². The number of benzene rings is 2. The van der Waals surface area contributed by atoms with Crippen molar-refractivity contribution < 1.29 is 23.4 Å². The van der Waals surface area contributed by atoms with Gasteiger partial charge in [-0.2, -0.15) is 0 Å². The van der Waals surface area contributed by atoms with Crippen molar-refractivity contribution in [3.05, 3.63) is 59.4 Å². The minimum absolute atomic E-state index is 0.0606. The molecule has 0 unspecified atom stereocenters. The molecule has 0 aliphatic carbocycles. The Labute approximate surface area is 151 Å². The first-order chi connectivity index (χ1) is 12.7. The standard InChI is InChI=1S/C20H20FNO4/c21-16-3-1-2-14(10-16)11-17-13-22(6-7-24-17)20(23)15-4-5-18-19(12-15)26-9-8-25-18/h1-5,10,12,17H,6-9,11,13H2/t17-/m0/s1. The second kappa shape index (κ2) is 7.33. The van der Waals surface area contributed by atoms with Crippen molar-refractivity contribution in [1.82, 2.24) is 4.90 Å². The molecule has 6 heteroatoms. The average molecular weight is 357 g/mol. The molecule has 2 aromatic carbocycles. The first-order valence-corrected chi connectivity index (χ1v) is 8.74. The summed E-state index contributed by atoms with van der Waals surface area (Å²) in [5.74, 6) is 0.947. The summed E-state index contributed by atoms with van der Waals surface area (Å²) in [6, 6.07) is 11.7. The summed E-state index contributed by atoms with van der Waals surface area (Å²) < 4.78 is 30.2. The van der Waals surface area contributed by atoms with Crippen LogP contribution in [0.4, 0.5) is 4.39 Å². The third-order valence-corrected chi connectivity index (χ3v) is 4.57. The van der Waals surface area contributed by atoms with E-state index in [0.29, 0.717) is 56.4 Å². The molecule has 0 N–H and O–H groups in total. The predicted molar refractivity (Wildman–Crippen MR) is 93.2 cm³/mol. The zero-order valence-corrected chi connectivity index (χ0v) is 14.3. The van der Waals surface area contributed by atoms with Crippen molar-refractivity contribution in [3.8, 4) is 11.5 Å². The fraction of sp³-hybridized carbons (Fsp3) is 0.350. The second-order valence-electron chi connectivity index (χ2n) is 6.44. The van der Waals surface area contributed by atoms with Crippen LogP contribution < -0.4 is 9.47 Å². The Morgan fingerprint density at radius 2 is 1.92 bits per heavy atom. The number of morpholine rings is 1. The van der Waals surface area contributed by atoms with Crippen molar-refractivity contribution in [3.63, 3.8) is 0 Å². The molecule has 1 saturated heterocycles. The zero-order valence-electron chi connectivity index (χ0n) is 14.3. The molecule has 5 nitrogen and oxygen atoms in total. The molecule has 0 saturated carbocycles. The van der Waals surface area contributed by atoms with Crippen LogP contribution in [0.1, 0.15) is 15.9 Å². The lowest BCUT2D eigenvalue weighted by Gasteiger charge is -2.33. The number of carbonyl (C=O) groups excluding carboxylic acids is 1. The summed E-state index contributed by atoms with van der Waals surface area (Å²) in [5.41, 5.74) is 1.43. The van der Waals surface area contributed by atoms with Gasteiger partial charge in [-0.15, -0.1) is 0 Å². The van der Waals surface area contributed by atoms with Gasteiger partial charge in [0, 0.05) is 25.1 Å². The molecule has 1 atom stereocenters. The molecule has 2 aromatic rings. The van der Waals surface area contributed by atoms with Crippen LogP contribution in [0.5, 0.6) is 11.5 Å². The number of halogens is 1. The number of amides is 1. The van der Waals surface area contributed by atoms with Crippen LogP contribution in [-0.2, 0) is 11.2 Å². The summed E-state index contributed by atoms with van der Waals surface area (Å²) in [6.07, 6.45) is 0.426. The van der Waals surface area contributed by atoms with Crippen LogP contribution >= 0.6 is 0 Å². The molecule has 0 radical (unpaired) electrons. The summed E-state index contributed by atoms with van der Waals surface area (Å²) in [5, 5.41) is 0. The fourth-order valence-corrected chi connectivity index (χ4v) is 3.31. The normalized spacial score (nSPS) is 19.3. The van der Waals surface area contributed by atoms with Crippen LogP contribution in [0, 0.1) is 5.82 Å². The van der Waals surface area contributed by atoms with Crippen molar-refractivity contribution in [2.24, 2.45) is 0 Å². The molecule has 2 aliphatic heterocycles. The van der Waals surface area contributed by atoms with Crippen LogP contribution in [0.3, 0.4) is 0 Å². The van der Waals surface area contributed by atoms with E-state index in [0.717, 1.165) is 5.56 Å². The zero-order chi connectivity index (χ0) is 17.9. The maximum Gasteiger partial charge on any atom is 0.254 e. The van der Waals surface area contributed by atoms with Gasteiger partial charge in [-0.3, -0.25) is 4.79 Å². The van der Waals surface area contributed by atoms with Crippen molar-refractivity contribution in [1.29, 1.82) is 0 Å². The number of nitrogens with zero attached hydrogens (tertiary/aromatic N) is 1. The molecule has 0 bridgehead atoms. The van der Waals surface area contributed by atoms with E-state index in [-0.39, 0.29) is 17.8 Å². The average Bonchev–Trinajstić information content (AvgIpc) is 2.67. The first-order valence-electron chi connectivity index (χ1n) is 8.74. The van der Waals surface area contributed by atoms with Crippen LogP contribution in [-0.4, -0.2) is 49.8 Å². The second-order valence-corrected chi connectivity index (χ2v) is 6.44. The summed E-state index contributed by atoms with van der Waals surface area (Å²) in [7, 11) is 0. The van der Waals surface area contributed by atoms with Gasteiger partial charge >= 0.3 is 0 Å². The Balaban J connectivity index is 1.44. The van der Waals surface area contributed by atoms with Crippen LogP contribution in [0.2, 0.25) is 0 Å². The van der Waals surface area contributed by atoms with Gasteiger partial charge in [0.1, 0.15) is 19.0 Å². The molecular weight excluding hydrogens is 337 g/mol. The number of hydrogen-bond donors (Lipinski definition) is 0. The summed E-state index contributed by atoms with van der Waals surface area (Å²) in [4.78, 5) is 14.6. The Bertz CT molecular complexity index is 810. The third kappa shape index (κ3) is 3.65. The third-order valence-electron chi connectivity index (χ3n) is 4.57. The number of carbonyl (C=O) groups is 1. The van der Waals surface area contributed by atoms with E-state index < -0.39 is 0 Å². The molecule has 2 aliphatic rings. The van der Waals surface area contributed by atoms with Gasteiger partial charge in [-0.05, 0) is 35.9 Å². The maximum absolute atomic E-state index is 13.4. The molecule has 26 heavy (non-hydrogen) atoms. The molecule has 1 fully saturated rings. The largest absolute Gasteiger partial charge is 0.486 e. The van der Waals surface area contributed by atoms with Gasteiger partial charge in [-0.25, -0.2) is 4.39 Å². The quantitative estimate of drug-likeness (QED) is 0.847. The molecular formula is C20H20FNO4. The van der Waals surface area contributed by atoms with Gasteiger partial charge in [-0.1, -0.05) is 12.1 Å². The molecule has 0 spiro atoms. The van der Waals surface area contributed by atoms with Gasteiger partial charge in [0.2, 0.25) is 0 Å². The Hall–Kier alpha value is -2.60. The topological polar surface area (TPSA) is 48.0 Å². The minimum atomic E-state index is -0.262. The summed E-state index contributed by atoms with van der Waals surface area (Å²) >= 11 is 0. The molecule has 0 aromatic heterocycles. The molecule has 1 amide bonds. The highest BCUT2D eigenvalue weighted by Gasteiger charge is 2.26. The van der Waals surface area contributed by atoms with Crippen LogP contribution in [0.15, 0.2) is 42.5 Å². The van der Waals surface area contributed by atoms with Gasteiger partial charge in [0.05, 0.1) is 12.7 Å². The number of fused-ring (bicyclic) bond motifs is 1. The highest BCUT2D eigenvalue weighted by atomic mass is 19.1. The van der Waals surface area contributed by atoms with Crippen LogP contribution in [0.25, 0.3) is 0 Å². The Morgan fingerprint density at radius 1 is 1.08 bits per heavy atom. The Morgan fingerprint density at radius 3 is 2.77 bits per heavy atom. The van der Waals surface area contributed by atoms with Gasteiger partial charge in [0.25, 0.3) is 5.91 Å². The highest BCUT2D eigenvalue weighted by molar-refractivity contribution is 5.95. The van der Waals surface area contributed by atoms with E-state index in [1.807, 2.05) is 6.07 Å². The Kier molecular flexibility index (Phi) is 4.75. The highest BCUT2D eigenvalue weighted by Crippen LogP contribution is 2.31. The number of rotatable bonds is 3. The lowest BCUT2D eigenvalue weighted by atomic mass is 10.1. The van der Waals surface area contributed by atoms with Crippen molar-refractivity contribution >= 4 is 5.91 Å². The lowest BCUT2D eigenvalue weighted by molar-refractivity contribution is -0.0208. The maximum atomic E-state index is 13.4. The lowest BCUT2D eigenvalue weighted by Crippen LogP contribution is -2.46. The SMILES string of the molecule is O=C(c1ccc2c(c1)OCCO2)N1CCO[C@@H](Cc2cccc(F)c2)C1. The van der Waals surface area contributed by atoms with Crippen molar-refractivity contribution in [2.75, 3.05) is 32.9 Å². The minimum Gasteiger partial charge on any atom is -0.486 e. The van der Waals surface area contributed by atoms with E-state index in [4.69, 9.17) is 14.2 Å². The smallest absolute Gasteiger partial charge is 0.254 e. The van der Waals surface area contributed by atoms with E-state index in [1.165, 1.54) is 12.1 Å². The molecule has 2 heterocycles. The first kappa shape index (κ1) is 16.8.